The fourth-order valence-electron chi connectivity index (χ4n) is 2.45. The van der Waals surface area contributed by atoms with E-state index in [0.717, 1.165) is 5.56 Å². The summed E-state index contributed by atoms with van der Waals surface area (Å²) >= 11 is 0. The van der Waals surface area contributed by atoms with Crippen molar-refractivity contribution < 1.29 is 9.90 Å². The number of carbonyl (C=O) groups is 1. The first-order chi connectivity index (χ1) is 8.74. The predicted molar refractivity (Wildman–Crippen MR) is 71.5 cm³/mol. The second-order valence-corrected chi connectivity index (χ2v) is 4.71. The molecule has 2 nitrogen and oxygen atoms in total. The number of fused-ring (bicyclic) bond motifs is 1. The molecule has 2 aromatic carbocycles. The highest BCUT2D eigenvalue weighted by Gasteiger charge is 2.22. The molecule has 1 N–H and O–H groups in total. The minimum Gasteiger partial charge on any atom is -0.512 e. The molecule has 3 rings (SSSR count). The maximum atomic E-state index is 11.6. The molecule has 90 valence electrons. The van der Waals surface area contributed by atoms with Gasteiger partial charge in [0.05, 0.1) is 5.76 Å². The third kappa shape index (κ3) is 1.90. The number of aliphatic hydroxyl groups excluding tert-OH is 1. The van der Waals surface area contributed by atoms with Crippen molar-refractivity contribution >= 4 is 16.6 Å². The number of Topliss-reactive ketones (excluding diaryl/α,β-unsaturated/α-hetero) is 1. The molecule has 0 heterocycles. The van der Waals surface area contributed by atoms with Gasteiger partial charge in [0.15, 0.2) is 5.78 Å². The van der Waals surface area contributed by atoms with E-state index in [-0.39, 0.29) is 11.5 Å². The number of carbonyl (C=O) groups excluding carboxylic acids is 1. The standard InChI is InChI=1S/C16H14O2/c17-15-7-8-16(18)14(15)10-11-5-6-12-3-1-2-4-13(12)9-11/h1-6,9,17H,7-8,10H2. The molecule has 0 saturated heterocycles. The zero-order valence-corrected chi connectivity index (χ0v) is 10.0. The zero-order chi connectivity index (χ0) is 12.5. The molecule has 0 spiro atoms. The van der Waals surface area contributed by atoms with Crippen molar-refractivity contribution in [3.05, 3.63) is 59.4 Å². The van der Waals surface area contributed by atoms with Gasteiger partial charge < -0.3 is 5.11 Å². The van der Waals surface area contributed by atoms with Gasteiger partial charge in [0.2, 0.25) is 0 Å². The van der Waals surface area contributed by atoms with Crippen LogP contribution in [0.4, 0.5) is 0 Å². The maximum absolute atomic E-state index is 11.6. The molecule has 0 aliphatic heterocycles. The van der Waals surface area contributed by atoms with E-state index in [9.17, 15) is 9.90 Å². The second-order valence-electron chi connectivity index (χ2n) is 4.71. The number of hydrogen-bond donors (Lipinski definition) is 1. The van der Waals surface area contributed by atoms with Crippen molar-refractivity contribution in [2.24, 2.45) is 0 Å². The van der Waals surface area contributed by atoms with Crippen molar-refractivity contribution in [3.8, 4) is 0 Å². The van der Waals surface area contributed by atoms with E-state index < -0.39 is 0 Å². The zero-order valence-electron chi connectivity index (χ0n) is 10.0. The lowest BCUT2D eigenvalue weighted by Gasteiger charge is -2.04. The molecule has 0 radical (unpaired) electrons. The molecule has 0 fully saturated rings. The van der Waals surface area contributed by atoms with Crippen LogP contribution in [-0.2, 0) is 11.2 Å². The van der Waals surface area contributed by atoms with Crippen LogP contribution in [0.2, 0.25) is 0 Å². The van der Waals surface area contributed by atoms with E-state index in [1.54, 1.807) is 0 Å². The Morgan fingerprint density at radius 1 is 1.00 bits per heavy atom. The predicted octanol–water partition coefficient (Wildman–Crippen LogP) is 3.56. The lowest BCUT2D eigenvalue weighted by molar-refractivity contribution is -0.115. The maximum Gasteiger partial charge on any atom is 0.162 e. The van der Waals surface area contributed by atoms with Crippen molar-refractivity contribution in [2.45, 2.75) is 19.3 Å². The van der Waals surface area contributed by atoms with E-state index in [0.29, 0.717) is 24.8 Å². The Bertz CT molecular complexity index is 653. The summed E-state index contributed by atoms with van der Waals surface area (Å²) in [4.78, 5) is 11.6. The Morgan fingerprint density at radius 3 is 2.50 bits per heavy atom. The molecule has 1 aliphatic rings. The largest absolute Gasteiger partial charge is 0.512 e. The van der Waals surface area contributed by atoms with Crippen LogP contribution < -0.4 is 0 Å². The molecule has 0 amide bonds. The third-order valence-corrected chi connectivity index (χ3v) is 3.47. The normalized spacial score (nSPS) is 15.7. The number of rotatable bonds is 2. The van der Waals surface area contributed by atoms with E-state index in [1.165, 1.54) is 10.8 Å². The number of aliphatic hydroxyl groups is 1. The first-order valence-corrected chi connectivity index (χ1v) is 6.16. The van der Waals surface area contributed by atoms with Gasteiger partial charge in [-0.2, -0.15) is 0 Å². The van der Waals surface area contributed by atoms with Crippen molar-refractivity contribution in [3.63, 3.8) is 0 Å². The number of allylic oxidation sites excluding steroid dienone is 2. The highest BCUT2D eigenvalue weighted by molar-refractivity contribution is 5.98. The summed E-state index contributed by atoms with van der Waals surface area (Å²) in [6.07, 6.45) is 1.49. The van der Waals surface area contributed by atoms with Crippen LogP contribution in [-0.4, -0.2) is 10.9 Å². The lowest BCUT2D eigenvalue weighted by Crippen LogP contribution is -2.00. The molecule has 0 atom stereocenters. The minimum absolute atomic E-state index is 0.0839. The Kier molecular flexibility index (Phi) is 2.63. The van der Waals surface area contributed by atoms with Gasteiger partial charge >= 0.3 is 0 Å². The second kappa shape index (κ2) is 4.30. The summed E-state index contributed by atoms with van der Waals surface area (Å²) in [6.45, 7) is 0. The topological polar surface area (TPSA) is 37.3 Å². The van der Waals surface area contributed by atoms with Gasteiger partial charge in [-0.05, 0) is 16.3 Å². The Hall–Kier alpha value is -2.09. The monoisotopic (exact) mass is 238 g/mol. The van der Waals surface area contributed by atoms with Gasteiger partial charge in [-0.25, -0.2) is 0 Å². The number of benzene rings is 2. The van der Waals surface area contributed by atoms with E-state index >= 15 is 0 Å². The van der Waals surface area contributed by atoms with Crippen molar-refractivity contribution in [1.82, 2.24) is 0 Å². The third-order valence-electron chi connectivity index (χ3n) is 3.47. The summed E-state index contributed by atoms with van der Waals surface area (Å²) < 4.78 is 0. The average Bonchev–Trinajstić information content (AvgIpc) is 2.70. The van der Waals surface area contributed by atoms with E-state index in [2.05, 4.69) is 24.3 Å². The molecule has 0 saturated carbocycles. The van der Waals surface area contributed by atoms with Crippen LogP contribution in [0, 0.1) is 0 Å². The molecule has 2 aromatic rings. The molecule has 0 aromatic heterocycles. The van der Waals surface area contributed by atoms with Gasteiger partial charge in [0.25, 0.3) is 0 Å². The van der Waals surface area contributed by atoms with Crippen LogP contribution in [0.5, 0.6) is 0 Å². The SMILES string of the molecule is O=C1CCC(O)=C1Cc1ccc2ccccc2c1. The van der Waals surface area contributed by atoms with E-state index in [4.69, 9.17) is 0 Å². The summed E-state index contributed by atoms with van der Waals surface area (Å²) in [5.74, 6) is 0.355. The van der Waals surface area contributed by atoms with Crippen LogP contribution >= 0.6 is 0 Å². The van der Waals surface area contributed by atoms with Gasteiger partial charge in [-0.1, -0.05) is 42.5 Å². The lowest BCUT2D eigenvalue weighted by atomic mass is 10.0. The Balaban J connectivity index is 1.96. The van der Waals surface area contributed by atoms with Crippen molar-refractivity contribution in [2.75, 3.05) is 0 Å². The average molecular weight is 238 g/mol. The van der Waals surface area contributed by atoms with Crippen LogP contribution in [0.1, 0.15) is 18.4 Å². The first kappa shape index (κ1) is 11.0. The van der Waals surface area contributed by atoms with Crippen LogP contribution in [0.25, 0.3) is 10.8 Å². The van der Waals surface area contributed by atoms with Gasteiger partial charge in [0.1, 0.15) is 0 Å². The molecular formula is C16H14O2. The molecule has 2 heteroatoms. The minimum atomic E-state index is 0.0839. The summed E-state index contributed by atoms with van der Waals surface area (Å²) in [5.41, 5.74) is 1.66. The summed E-state index contributed by atoms with van der Waals surface area (Å²) in [6, 6.07) is 14.3. The fourth-order valence-corrected chi connectivity index (χ4v) is 2.45. The molecule has 0 bridgehead atoms. The van der Waals surface area contributed by atoms with Gasteiger partial charge in [-0.15, -0.1) is 0 Å². The molecular weight excluding hydrogens is 224 g/mol. The summed E-state index contributed by atoms with van der Waals surface area (Å²) in [7, 11) is 0. The molecule has 18 heavy (non-hydrogen) atoms. The Morgan fingerprint density at radius 2 is 1.78 bits per heavy atom. The van der Waals surface area contributed by atoms with Gasteiger partial charge in [0, 0.05) is 24.8 Å². The quantitative estimate of drug-likeness (QED) is 0.868. The van der Waals surface area contributed by atoms with E-state index in [1.807, 2.05) is 18.2 Å². The fraction of sp³-hybridized carbons (Fsp3) is 0.188. The highest BCUT2D eigenvalue weighted by atomic mass is 16.3. The number of ketones is 1. The molecule has 0 unspecified atom stereocenters. The Labute approximate surface area is 106 Å². The summed E-state index contributed by atoms with van der Waals surface area (Å²) in [5, 5.41) is 12.1. The van der Waals surface area contributed by atoms with Crippen LogP contribution in [0.3, 0.4) is 0 Å². The van der Waals surface area contributed by atoms with Crippen molar-refractivity contribution in [1.29, 1.82) is 0 Å². The number of hydrogen-bond acceptors (Lipinski definition) is 2. The highest BCUT2D eigenvalue weighted by Crippen LogP contribution is 2.25. The first-order valence-electron chi connectivity index (χ1n) is 6.16. The molecule has 1 aliphatic carbocycles. The van der Waals surface area contributed by atoms with Crippen LogP contribution in [0.15, 0.2) is 53.8 Å². The smallest absolute Gasteiger partial charge is 0.162 e. The van der Waals surface area contributed by atoms with Gasteiger partial charge in [-0.3, -0.25) is 4.79 Å².